The number of anilines is 1. The lowest BCUT2D eigenvalue weighted by molar-refractivity contribution is -0.118. The Morgan fingerprint density at radius 3 is 2.71 bits per heavy atom. The van der Waals surface area contributed by atoms with Crippen LogP contribution in [0.4, 0.5) is 5.69 Å². The second-order valence-corrected chi connectivity index (χ2v) is 4.93. The van der Waals surface area contributed by atoms with Gasteiger partial charge in [-0.15, -0.1) is 0 Å². The molecule has 0 aliphatic heterocycles. The molecule has 21 heavy (non-hydrogen) atoms. The molecular weight excluding hydrogens is 288 g/mol. The topological polar surface area (TPSA) is 64.3 Å². The average Bonchev–Trinajstić information content (AvgIpc) is 2.45. The van der Waals surface area contributed by atoms with E-state index in [1.54, 1.807) is 24.3 Å². The molecule has 0 fully saturated rings. The number of hydrogen-bond acceptors (Lipinski definition) is 3. The van der Waals surface area contributed by atoms with Crippen molar-refractivity contribution < 1.29 is 9.53 Å². The molecule has 0 aromatic heterocycles. The predicted molar refractivity (Wildman–Crippen MR) is 84.6 cm³/mol. The van der Waals surface area contributed by atoms with E-state index in [2.05, 4.69) is 5.32 Å². The largest absolute Gasteiger partial charge is 0.494 e. The molecule has 2 aromatic carbocycles. The summed E-state index contributed by atoms with van der Waals surface area (Å²) in [6, 6.07) is 13.8. The summed E-state index contributed by atoms with van der Waals surface area (Å²) in [6.45, 7) is 2.47. The van der Waals surface area contributed by atoms with Gasteiger partial charge in [-0.3, -0.25) is 4.79 Å². The Morgan fingerprint density at radius 2 is 2.05 bits per heavy atom. The summed E-state index contributed by atoms with van der Waals surface area (Å²) in [5, 5.41) is 3.68. The number of benzene rings is 2. The summed E-state index contributed by atoms with van der Waals surface area (Å²) < 4.78 is 5.44. The number of carbonyl (C=O) groups is 1. The molecule has 0 heterocycles. The SMILES string of the molecule is CCOc1cccc(C(Nc2cccc(Cl)c2)C(N)=O)c1. The fourth-order valence-electron chi connectivity index (χ4n) is 2.01. The lowest BCUT2D eigenvalue weighted by atomic mass is 10.1. The molecule has 0 aliphatic rings. The first-order valence-electron chi connectivity index (χ1n) is 6.64. The van der Waals surface area contributed by atoms with Gasteiger partial charge in [-0.1, -0.05) is 29.8 Å². The van der Waals surface area contributed by atoms with Crippen molar-refractivity contribution in [2.75, 3.05) is 11.9 Å². The zero-order chi connectivity index (χ0) is 15.2. The molecule has 0 spiro atoms. The molecule has 1 unspecified atom stereocenters. The van der Waals surface area contributed by atoms with Crippen molar-refractivity contribution in [1.29, 1.82) is 0 Å². The van der Waals surface area contributed by atoms with E-state index < -0.39 is 11.9 Å². The number of hydrogen-bond donors (Lipinski definition) is 2. The van der Waals surface area contributed by atoms with Crippen molar-refractivity contribution in [3.63, 3.8) is 0 Å². The first-order valence-corrected chi connectivity index (χ1v) is 7.02. The molecule has 2 rings (SSSR count). The van der Waals surface area contributed by atoms with Gasteiger partial charge in [-0.05, 0) is 42.8 Å². The Bertz CT molecular complexity index is 631. The zero-order valence-corrected chi connectivity index (χ0v) is 12.4. The summed E-state index contributed by atoms with van der Waals surface area (Å²) in [4.78, 5) is 11.7. The molecule has 0 bridgehead atoms. The number of carbonyl (C=O) groups excluding carboxylic acids is 1. The van der Waals surface area contributed by atoms with Crippen LogP contribution in [0.1, 0.15) is 18.5 Å². The second kappa shape index (κ2) is 6.99. The van der Waals surface area contributed by atoms with Crippen molar-refractivity contribution in [2.24, 2.45) is 5.73 Å². The van der Waals surface area contributed by atoms with Crippen LogP contribution in [0.5, 0.6) is 5.75 Å². The molecule has 5 heteroatoms. The van der Waals surface area contributed by atoms with Crippen molar-refractivity contribution in [1.82, 2.24) is 0 Å². The monoisotopic (exact) mass is 304 g/mol. The molecule has 0 aliphatic carbocycles. The van der Waals surface area contributed by atoms with Crippen LogP contribution in [-0.2, 0) is 4.79 Å². The standard InChI is InChI=1S/C16H17ClN2O2/c1-2-21-14-8-3-5-11(9-14)15(16(18)20)19-13-7-4-6-12(17)10-13/h3-10,15,19H,2H2,1H3,(H2,18,20). The highest BCUT2D eigenvalue weighted by atomic mass is 35.5. The number of amides is 1. The van der Waals surface area contributed by atoms with Crippen LogP contribution in [0.2, 0.25) is 5.02 Å². The van der Waals surface area contributed by atoms with Crippen LogP contribution in [-0.4, -0.2) is 12.5 Å². The molecule has 0 saturated heterocycles. The normalized spacial score (nSPS) is 11.7. The van der Waals surface area contributed by atoms with Crippen molar-refractivity contribution >= 4 is 23.2 Å². The molecule has 0 saturated carbocycles. The van der Waals surface area contributed by atoms with Crippen LogP contribution < -0.4 is 15.8 Å². The summed E-state index contributed by atoms with van der Waals surface area (Å²) in [6.07, 6.45) is 0. The van der Waals surface area contributed by atoms with Gasteiger partial charge in [0.25, 0.3) is 0 Å². The third-order valence-corrected chi connectivity index (χ3v) is 3.16. The van der Waals surface area contributed by atoms with Gasteiger partial charge >= 0.3 is 0 Å². The maximum absolute atomic E-state index is 11.7. The minimum Gasteiger partial charge on any atom is -0.494 e. The Hall–Kier alpha value is -2.20. The minimum absolute atomic E-state index is 0.469. The fraction of sp³-hybridized carbons (Fsp3) is 0.188. The number of nitrogens with two attached hydrogens (primary N) is 1. The summed E-state index contributed by atoms with van der Waals surface area (Å²) >= 11 is 5.94. The van der Waals surface area contributed by atoms with E-state index in [0.717, 1.165) is 11.3 Å². The van der Waals surface area contributed by atoms with Gasteiger partial charge in [0, 0.05) is 10.7 Å². The van der Waals surface area contributed by atoms with Gasteiger partial charge in [-0.25, -0.2) is 0 Å². The summed E-state index contributed by atoms with van der Waals surface area (Å²) in [5.41, 5.74) is 6.98. The van der Waals surface area contributed by atoms with Gasteiger partial charge in [0.2, 0.25) is 5.91 Å². The smallest absolute Gasteiger partial charge is 0.244 e. The molecule has 3 N–H and O–H groups in total. The Balaban J connectivity index is 2.26. The predicted octanol–water partition coefficient (Wildman–Crippen LogP) is 3.38. The molecule has 4 nitrogen and oxygen atoms in total. The highest BCUT2D eigenvalue weighted by molar-refractivity contribution is 6.30. The maximum atomic E-state index is 11.7. The first kappa shape index (κ1) is 15.2. The Morgan fingerprint density at radius 1 is 1.29 bits per heavy atom. The van der Waals surface area contributed by atoms with Crippen LogP contribution in [0.15, 0.2) is 48.5 Å². The van der Waals surface area contributed by atoms with Crippen molar-refractivity contribution in [3.05, 3.63) is 59.1 Å². The fourth-order valence-corrected chi connectivity index (χ4v) is 2.20. The molecule has 1 atom stereocenters. The lowest BCUT2D eigenvalue weighted by Crippen LogP contribution is -2.27. The van der Waals surface area contributed by atoms with Crippen LogP contribution in [0.25, 0.3) is 0 Å². The van der Waals surface area contributed by atoms with Crippen molar-refractivity contribution in [3.8, 4) is 5.75 Å². The third kappa shape index (κ3) is 4.13. The Kier molecular flexibility index (Phi) is 5.06. The average molecular weight is 305 g/mol. The van der Waals surface area contributed by atoms with Gasteiger partial charge in [0.1, 0.15) is 11.8 Å². The number of halogens is 1. The molecule has 110 valence electrons. The van der Waals surface area contributed by atoms with E-state index in [1.807, 2.05) is 31.2 Å². The maximum Gasteiger partial charge on any atom is 0.244 e. The van der Waals surface area contributed by atoms with Crippen LogP contribution in [0.3, 0.4) is 0 Å². The third-order valence-electron chi connectivity index (χ3n) is 2.92. The quantitative estimate of drug-likeness (QED) is 0.860. The molecular formula is C16H17ClN2O2. The van der Waals surface area contributed by atoms with E-state index >= 15 is 0 Å². The van der Waals surface area contributed by atoms with E-state index in [1.165, 1.54) is 0 Å². The number of ether oxygens (including phenoxy) is 1. The van der Waals surface area contributed by atoms with E-state index in [9.17, 15) is 4.79 Å². The van der Waals surface area contributed by atoms with Gasteiger partial charge in [-0.2, -0.15) is 0 Å². The highest BCUT2D eigenvalue weighted by Crippen LogP contribution is 2.24. The molecule has 0 radical (unpaired) electrons. The lowest BCUT2D eigenvalue weighted by Gasteiger charge is -2.18. The summed E-state index contributed by atoms with van der Waals surface area (Å²) in [7, 11) is 0. The first-order chi connectivity index (χ1) is 10.1. The van der Waals surface area contributed by atoms with Gasteiger partial charge in [0.15, 0.2) is 0 Å². The second-order valence-electron chi connectivity index (χ2n) is 4.50. The number of nitrogens with one attached hydrogen (secondary N) is 1. The van der Waals surface area contributed by atoms with Crippen LogP contribution >= 0.6 is 11.6 Å². The van der Waals surface area contributed by atoms with Gasteiger partial charge < -0.3 is 15.8 Å². The van der Waals surface area contributed by atoms with Gasteiger partial charge in [0.05, 0.1) is 6.61 Å². The van der Waals surface area contributed by atoms with Crippen LogP contribution in [0, 0.1) is 0 Å². The number of rotatable bonds is 6. The molecule has 1 amide bonds. The zero-order valence-electron chi connectivity index (χ0n) is 11.7. The molecule has 2 aromatic rings. The van der Waals surface area contributed by atoms with E-state index in [0.29, 0.717) is 17.4 Å². The highest BCUT2D eigenvalue weighted by Gasteiger charge is 2.18. The minimum atomic E-state index is -0.649. The summed E-state index contributed by atoms with van der Waals surface area (Å²) in [5.74, 6) is 0.234. The van der Waals surface area contributed by atoms with Crippen molar-refractivity contribution in [2.45, 2.75) is 13.0 Å². The van der Waals surface area contributed by atoms with E-state index in [4.69, 9.17) is 22.1 Å². The Labute approximate surface area is 128 Å². The van der Waals surface area contributed by atoms with E-state index in [-0.39, 0.29) is 0 Å². The number of primary amides is 1.